The van der Waals surface area contributed by atoms with E-state index in [0.717, 1.165) is 5.69 Å². The van der Waals surface area contributed by atoms with Gasteiger partial charge in [0, 0.05) is 23.2 Å². The van der Waals surface area contributed by atoms with Crippen LogP contribution in [0.1, 0.15) is 21.7 Å². The van der Waals surface area contributed by atoms with Gasteiger partial charge in [-0.05, 0) is 24.3 Å². The molecule has 0 radical (unpaired) electrons. The van der Waals surface area contributed by atoms with E-state index in [4.69, 9.17) is 22.1 Å². The minimum atomic E-state index is -0.552. The topological polar surface area (TPSA) is 77.2 Å². The van der Waals surface area contributed by atoms with E-state index in [9.17, 15) is 4.79 Å². The molecule has 5 nitrogen and oxygen atoms in total. The van der Waals surface area contributed by atoms with Crippen molar-refractivity contribution in [1.29, 1.82) is 0 Å². The molecule has 1 heterocycles. The highest BCUT2D eigenvalue weighted by Gasteiger charge is 2.16. The first kappa shape index (κ1) is 13.8. The van der Waals surface area contributed by atoms with Gasteiger partial charge in [0.1, 0.15) is 10.7 Å². The van der Waals surface area contributed by atoms with Gasteiger partial charge < -0.3 is 15.8 Å². The average molecular weight is 298 g/mol. The van der Waals surface area contributed by atoms with E-state index in [2.05, 4.69) is 10.3 Å². The molecule has 0 aliphatic carbocycles. The first-order chi connectivity index (χ1) is 9.10. The SMILES string of the molecule is COC(Nc1ccc(Cl)cc1)c1nc(C(N)=O)cs1. The van der Waals surface area contributed by atoms with Gasteiger partial charge in [-0.25, -0.2) is 4.98 Å². The largest absolute Gasteiger partial charge is 0.364 e. The molecule has 0 saturated carbocycles. The Kier molecular flexibility index (Phi) is 4.36. The van der Waals surface area contributed by atoms with E-state index in [1.54, 1.807) is 24.6 Å². The second-order valence-electron chi connectivity index (χ2n) is 3.70. The third-order valence-electron chi connectivity index (χ3n) is 2.38. The predicted octanol–water partition coefficient (Wildman–Crippen LogP) is 2.65. The molecule has 2 aromatic rings. The smallest absolute Gasteiger partial charge is 0.268 e. The van der Waals surface area contributed by atoms with Gasteiger partial charge in [0.15, 0.2) is 6.23 Å². The highest BCUT2D eigenvalue weighted by atomic mass is 35.5. The van der Waals surface area contributed by atoms with E-state index in [-0.39, 0.29) is 5.69 Å². The van der Waals surface area contributed by atoms with Gasteiger partial charge >= 0.3 is 0 Å². The number of carbonyl (C=O) groups excluding carboxylic acids is 1. The summed E-state index contributed by atoms with van der Waals surface area (Å²) >= 11 is 7.12. The van der Waals surface area contributed by atoms with Crippen LogP contribution >= 0.6 is 22.9 Å². The molecule has 1 unspecified atom stereocenters. The van der Waals surface area contributed by atoms with Crippen LogP contribution in [0.15, 0.2) is 29.6 Å². The molecule has 0 aliphatic heterocycles. The van der Waals surface area contributed by atoms with Crippen LogP contribution in [0.4, 0.5) is 5.69 Å². The summed E-state index contributed by atoms with van der Waals surface area (Å²) < 4.78 is 5.32. The van der Waals surface area contributed by atoms with Crippen molar-refractivity contribution in [1.82, 2.24) is 4.98 Å². The molecule has 0 saturated heterocycles. The number of nitrogens with two attached hydrogens (primary N) is 1. The molecular weight excluding hydrogens is 286 g/mol. The maximum Gasteiger partial charge on any atom is 0.268 e. The van der Waals surface area contributed by atoms with Crippen LogP contribution in [0.5, 0.6) is 0 Å². The van der Waals surface area contributed by atoms with Crippen molar-refractivity contribution in [3.8, 4) is 0 Å². The lowest BCUT2D eigenvalue weighted by molar-refractivity contribution is 0.0994. The van der Waals surface area contributed by atoms with Crippen LogP contribution in [-0.4, -0.2) is 18.0 Å². The van der Waals surface area contributed by atoms with Gasteiger partial charge in [-0.1, -0.05) is 11.6 Å². The number of hydrogen-bond donors (Lipinski definition) is 2. The van der Waals surface area contributed by atoms with Crippen LogP contribution in [0.2, 0.25) is 5.02 Å². The van der Waals surface area contributed by atoms with E-state index in [1.807, 2.05) is 12.1 Å². The van der Waals surface area contributed by atoms with E-state index in [0.29, 0.717) is 10.0 Å². The number of amides is 1. The number of rotatable bonds is 5. The van der Waals surface area contributed by atoms with Crippen molar-refractivity contribution in [3.63, 3.8) is 0 Å². The van der Waals surface area contributed by atoms with Crippen LogP contribution in [0.25, 0.3) is 0 Å². The second-order valence-corrected chi connectivity index (χ2v) is 5.03. The summed E-state index contributed by atoms with van der Waals surface area (Å²) in [5, 5.41) is 6.03. The molecular formula is C12H12ClN3O2S. The summed E-state index contributed by atoms with van der Waals surface area (Å²) in [4.78, 5) is 15.1. The van der Waals surface area contributed by atoms with Gasteiger partial charge in [-0.2, -0.15) is 0 Å². The highest BCUT2D eigenvalue weighted by Crippen LogP contribution is 2.24. The Labute approximate surface area is 119 Å². The third kappa shape index (κ3) is 3.44. The van der Waals surface area contributed by atoms with E-state index < -0.39 is 12.1 Å². The summed E-state index contributed by atoms with van der Waals surface area (Å²) in [6, 6.07) is 7.20. The van der Waals surface area contributed by atoms with Crippen molar-refractivity contribution < 1.29 is 9.53 Å². The Morgan fingerprint density at radius 1 is 1.47 bits per heavy atom. The molecule has 1 aromatic carbocycles. The fourth-order valence-electron chi connectivity index (χ4n) is 1.44. The number of anilines is 1. The minimum absolute atomic E-state index is 0.236. The lowest BCUT2D eigenvalue weighted by atomic mass is 10.3. The molecule has 1 aromatic heterocycles. The Morgan fingerprint density at radius 2 is 2.16 bits per heavy atom. The van der Waals surface area contributed by atoms with Gasteiger partial charge in [-0.3, -0.25) is 4.79 Å². The molecule has 2 rings (SSSR count). The Morgan fingerprint density at radius 3 is 2.68 bits per heavy atom. The Bertz CT molecular complexity index is 571. The predicted molar refractivity (Wildman–Crippen MR) is 75.5 cm³/mol. The number of primary amides is 1. The van der Waals surface area contributed by atoms with Gasteiger partial charge in [0.2, 0.25) is 0 Å². The molecule has 1 atom stereocenters. The molecule has 100 valence electrons. The first-order valence-electron chi connectivity index (χ1n) is 5.40. The summed E-state index contributed by atoms with van der Waals surface area (Å²) in [6.45, 7) is 0. The number of aromatic nitrogens is 1. The molecule has 1 amide bonds. The van der Waals surface area contributed by atoms with Crippen molar-refractivity contribution in [2.24, 2.45) is 5.73 Å². The zero-order valence-electron chi connectivity index (χ0n) is 10.1. The molecule has 0 spiro atoms. The normalized spacial score (nSPS) is 12.1. The number of thiazole rings is 1. The summed E-state index contributed by atoms with van der Waals surface area (Å²) in [7, 11) is 1.55. The number of benzene rings is 1. The molecule has 3 N–H and O–H groups in total. The van der Waals surface area contributed by atoms with Gasteiger partial charge in [0.05, 0.1) is 0 Å². The summed E-state index contributed by atoms with van der Waals surface area (Å²) in [5.74, 6) is -0.552. The number of hydrogen-bond acceptors (Lipinski definition) is 5. The monoisotopic (exact) mass is 297 g/mol. The zero-order valence-corrected chi connectivity index (χ0v) is 11.7. The van der Waals surface area contributed by atoms with Crippen molar-refractivity contribution >= 4 is 34.5 Å². The lowest BCUT2D eigenvalue weighted by Crippen LogP contribution is -2.15. The quantitative estimate of drug-likeness (QED) is 0.832. The number of ether oxygens (including phenoxy) is 1. The van der Waals surface area contributed by atoms with E-state index >= 15 is 0 Å². The van der Waals surface area contributed by atoms with Crippen molar-refractivity contribution in [2.45, 2.75) is 6.23 Å². The minimum Gasteiger partial charge on any atom is -0.364 e. The van der Waals surface area contributed by atoms with Crippen molar-refractivity contribution in [3.05, 3.63) is 45.4 Å². The first-order valence-corrected chi connectivity index (χ1v) is 6.66. The van der Waals surface area contributed by atoms with Crippen LogP contribution in [-0.2, 0) is 4.74 Å². The maximum atomic E-state index is 11.0. The maximum absolute atomic E-state index is 11.0. The lowest BCUT2D eigenvalue weighted by Gasteiger charge is -2.15. The van der Waals surface area contributed by atoms with Crippen LogP contribution in [0.3, 0.4) is 0 Å². The Balaban J connectivity index is 2.15. The number of nitrogens with one attached hydrogen (secondary N) is 1. The van der Waals surface area contributed by atoms with Crippen LogP contribution < -0.4 is 11.1 Å². The molecule has 0 aliphatic rings. The van der Waals surface area contributed by atoms with Crippen LogP contribution in [0, 0.1) is 0 Å². The number of carbonyl (C=O) groups is 1. The van der Waals surface area contributed by atoms with E-state index in [1.165, 1.54) is 11.3 Å². The number of halogens is 1. The number of methoxy groups -OCH3 is 1. The van der Waals surface area contributed by atoms with Crippen molar-refractivity contribution in [2.75, 3.05) is 12.4 Å². The number of nitrogens with zero attached hydrogens (tertiary/aromatic N) is 1. The summed E-state index contributed by atoms with van der Waals surface area (Å²) in [6.07, 6.45) is -0.445. The molecule has 0 fully saturated rings. The highest BCUT2D eigenvalue weighted by molar-refractivity contribution is 7.09. The Hall–Kier alpha value is -1.63. The standard InChI is InChI=1S/C12H12ClN3O2S/c1-18-11(12-16-9(6-19-12)10(14)17)15-8-4-2-7(13)3-5-8/h2-6,11,15H,1H3,(H2,14,17). The molecule has 0 bridgehead atoms. The average Bonchev–Trinajstić information content (AvgIpc) is 2.88. The molecule has 7 heteroatoms. The third-order valence-corrected chi connectivity index (χ3v) is 3.52. The van der Waals surface area contributed by atoms with Gasteiger partial charge in [0.25, 0.3) is 5.91 Å². The van der Waals surface area contributed by atoms with Gasteiger partial charge in [-0.15, -0.1) is 11.3 Å². The fourth-order valence-corrected chi connectivity index (χ4v) is 2.40. The summed E-state index contributed by atoms with van der Waals surface area (Å²) in [5.41, 5.74) is 6.24. The molecule has 19 heavy (non-hydrogen) atoms. The zero-order chi connectivity index (χ0) is 13.8. The fraction of sp³-hybridized carbons (Fsp3) is 0.167. The second kappa shape index (κ2) is 6.01.